The lowest BCUT2D eigenvalue weighted by Gasteiger charge is -2.40. The average Bonchev–Trinajstić information content (AvgIpc) is 3.17. The summed E-state index contributed by atoms with van der Waals surface area (Å²) in [5.41, 5.74) is 6.43. The standard InChI is InChI=1S/C18H25N5O4/c1-20-18(25)14-11-13(23(26)27)4-5-15(14)21-9-6-12(7-10-21)22-8-2-3-16(22)17(19)24/h4-5,11-12,16H,2-3,6-10H2,1H3,(H2,19,24)(H,20,25). The van der Waals surface area contributed by atoms with Crippen LogP contribution < -0.4 is 16.0 Å². The molecule has 1 aromatic rings. The van der Waals surface area contributed by atoms with Crippen LogP contribution >= 0.6 is 0 Å². The minimum atomic E-state index is -0.500. The van der Waals surface area contributed by atoms with Gasteiger partial charge in [-0.05, 0) is 38.3 Å². The molecule has 2 aliphatic heterocycles. The van der Waals surface area contributed by atoms with E-state index >= 15 is 0 Å². The molecule has 0 spiro atoms. The number of primary amides is 1. The van der Waals surface area contributed by atoms with Crippen LogP contribution in [-0.4, -0.2) is 60.4 Å². The van der Waals surface area contributed by atoms with Gasteiger partial charge < -0.3 is 16.0 Å². The van der Waals surface area contributed by atoms with Crippen molar-refractivity contribution in [3.63, 3.8) is 0 Å². The van der Waals surface area contributed by atoms with Gasteiger partial charge in [-0.15, -0.1) is 0 Å². The van der Waals surface area contributed by atoms with Gasteiger partial charge in [0.2, 0.25) is 5.91 Å². The van der Waals surface area contributed by atoms with E-state index < -0.39 is 4.92 Å². The number of nitro groups is 1. The first kappa shape index (κ1) is 19.1. The van der Waals surface area contributed by atoms with Crippen molar-refractivity contribution in [3.05, 3.63) is 33.9 Å². The molecule has 2 amide bonds. The maximum atomic E-state index is 12.2. The summed E-state index contributed by atoms with van der Waals surface area (Å²) in [5, 5.41) is 13.6. The van der Waals surface area contributed by atoms with E-state index in [0.717, 1.165) is 32.2 Å². The summed E-state index contributed by atoms with van der Waals surface area (Å²) in [6.07, 6.45) is 3.51. The van der Waals surface area contributed by atoms with Crippen molar-refractivity contribution in [3.8, 4) is 0 Å². The number of non-ortho nitro benzene ring substituents is 1. The Morgan fingerprint density at radius 3 is 2.52 bits per heavy atom. The smallest absolute Gasteiger partial charge is 0.270 e. The molecular weight excluding hydrogens is 350 g/mol. The molecule has 1 aromatic carbocycles. The first-order valence-corrected chi connectivity index (χ1v) is 9.23. The van der Waals surface area contributed by atoms with Crippen LogP contribution in [-0.2, 0) is 4.79 Å². The molecule has 2 aliphatic rings. The lowest BCUT2D eigenvalue weighted by atomic mass is 10.00. The predicted octanol–water partition coefficient (Wildman–Crippen LogP) is 0.873. The second-order valence-electron chi connectivity index (χ2n) is 7.05. The Morgan fingerprint density at radius 2 is 1.93 bits per heavy atom. The van der Waals surface area contributed by atoms with Crippen LogP contribution in [0.25, 0.3) is 0 Å². The molecule has 0 aromatic heterocycles. The van der Waals surface area contributed by atoms with E-state index in [0.29, 0.717) is 30.4 Å². The number of benzene rings is 1. The van der Waals surface area contributed by atoms with E-state index in [1.807, 2.05) is 0 Å². The third-order valence-corrected chi connectivity index (χ3v) is 5.56. The first-order chi connectivity index (χ1) is 12.9. The lowest BCUT2D eigenvalue weighted by Crippen LogP contribution is -2.50. The van der Waals surface area contributed by atoms with E-state index in [9.17, 15) is 19.7 Å². The molecule has 0 aliphatic carbocycles. The van der Waals surface area contributed by atoms with Crippen LogP contribution in [0, 0.1) is 10.1 Å². The van der Waals surface area contributed by atoms with Gasteiger partial charge in [-0.1, -0.05) is 0 Å². The summed E-state index contributed by atoms with van der Waals surface area (Å²) >= 11 is 0. The minimum absolute atomic E-state index is 0.103. The number of nitrogens with zero attached hydrogens (tertiary/aromatic N) is 3. The van der Waals surface area contributed by atoms with Crippen LogP contribution in [0.1, 0.15) is 36.0 Å². The highest BCUT2D eigenvalue weighted by molar-refractivity contribution is 6.00. The number of nitrogens with one attached hydrogen (secondary N) is 1. The molecule has 0 bridgehead atoms. The molecule has 2 heterocycles. The highest BCUT2D eigenvalue weighted by Crippen LogP contribution is 2.31. The van der Waals surface area contributed by atoms with Gasteiger partial charge in [0.25, 0.3) is 11.6 Å². The third-order valence-electron chi connectivity index (χ3n) is 5.56. The summed E-state index contributed by atoms with van der Waals surface area (Å²) in [5.74, 6) is -0.601. The number of anilines is 1. The number of hydrogen-bond donors (Lipinski definition) is 2. The Balaban J connectivity index is 1.75. The molecule has 3 rings (SSSR count). The number of piperidine rings is 1. The molecule has 0 radical (unpaired) electrons. The van der Waals surface area contributed by atoms with Crippen molar-refractivity contribution in [1.82, 2.24) is 10.2 Å². The monoisotopic (exact) mass is 375 g/mol. The maximum absolute atomic E-state index is 12.2. The molecule has 2 fully saturated rings. The van der Waals surface area contributed by atoms with Gasteiger partial charge >= 0.3 is 0 Å². The van der Waals surface area contributed by atoms with Crippen LogP contribution in [0.3, 0.4) is 0 Å². The topological polar surface area (TPSA) is 122 Å². The summed E-state index contributed by atoms with van der Waals surface area (Å²) in [4.78, 5) is 38.7. The minimum Gasteiger partial charge on any atom is -0.371 e. The maximum Gasteiger partial charge on any atom is 0.270 e. The van der Waals surface area contributed by atoms with Gasteiger partial charge in [0.1, 0.15) is 0 Å². The van der Waals surface area contributed by atoms with Crippen molar-refractivity contribution in [2.24, 2.45) is 5.73 Å². The molecular formula is C18H25N5O4. The molecule has 2 saturated heterocycles. The summed E-state index contributed by atoms with van der Waals surface area (Å²) in [6, 6.07) is 4.51. The molecule has 3 N–H and O–H groups in total. The number of hydrogen-bond acceptors (Lipinski definition) is 6. The third kappa shape index (κ3) is 3.87. The van der Waals surface area contributed by atoms with Crippen molar-refractivity contribution in [2.75, 3.05) is 31.6 Å². The molecule has 1 unspecified atom stereocenters. The van der Waals surface area contributed by atoms with Gasteiger partial charge in [-0.2, -0.15) is 0 Å². The fourth-order valence-electron chi connectivity index (χ4n) is 4.20. The largest absolute Gasteiger partial charge is 0.371 e. The second kappa shape index (κ2) is 7.91. The molecule has 9 nitrogen and oxygen atoms in total. The Hall–Kier alpha value is -2.68. The highest BCUT2D eigenvalue weighted by Gasteiger charge is 2.36. The number of nitrogens with two attached hydrogens (primary N) is 1. The van der Waals surface area contributed by atoms with E-state index in [1.165, 1.54) is 19.2 Å². The molecule has 9 heteroatoms. The summed E-state index contributed by atoms with van der Waals surface area (Å²) in [6.45, 7) is 2.32. The number of carbonyl (C=O) groups is 2. The van der Waals surface area contributed by atoms with Gasteiger partial charge in [0.15, 0.2) is 0 Å². The van der Waals surface area contributed by atoms with E-state index in [2.05, 4.69) is 15.1 Å². The fraction of sp³-hybridized carbons (Fsp3) is 0.556. The quantitative estimate of drug-likeness (QED) is 0.582. The zero-order valence-electron chi connectivity index (χ0n) is 15.4. The van der Waals surface area contributed by atoms with Crippen molar-refractivity contribution in [2.45, 2.75) is 37.8 Å². The Bertz CT molecular complexity index is 745. The highest BCUT2D eigenvalue weighted by atomic mass is 16.6. The predicted molar refractivity (Wildman–Crippen MR) is 101 cm³/mol. The van der Waals surface area contributed by atoms with Crippen LogP contribution in [0.4, 0.5) is 11.4 Å². The summed E-state index contributed by atoms with van der Waals surface area (Å²) < 4.78 is 0. The van der Waals surface area contributed by atoms with Crippen LogP contribution in [0.2, 0.25) is 0 Å². The zero-order chi connectivity index (χ0) is 19.6. The lowest BCUT2D eigenvalue weighted by molar-refractivity contribution is -0.384. The van der Waals surface area contributed by atoms with Gasteiger partial charge in [0, 0.05) is 38.3 Å². The van der Waals surface area contributed by atoms with E-state index in [1.54, 1.807) is 6.07 Å². The molecule has 146 valence electrons. The number of nitro benzene ring substituents is 1. The zero-order valence-corrected chi connectivity index (χ0v) is 15.4. The number of carbonyl (C=O) groups excluding carboxylic acids is 2. The first-order valence-electron chi connectivity index (χ1n) is 9.23. The molecule has 27 heavy (non-hydrogen) atoms. The van der Waals surface area contributed by atoms with Gasteiger partial charge in [-0.3, -0.25) is 24.6 Å². The molecule has 1 atom stereocenters. The Morgan fingerprint density at radius 1 is 1.22 bits per heavy atom. The number of likely N-dealkylation sites (tertiary alicyclic amines) is 1. The van der Waals surface area contributed by atoms with Gasteiger partial charge in [-0.25, -0.2) is 0 Å². The second-order valence-corrected chi connectivity index (χ2v) is 7.05. The SMILES string of the molecule is CNC(=O)c1cc([N+](=O)[O-])ccc1N1CCC(N2CCCC2C(N)=O)CC1. The van der Waals surface area contributed by atoms with Crippen LogP contribution in [0.15, 0.2) is 18.2 Å². The van der Waals surface area contributed by atoms with Crippen molar-refractivity contribution < 1.29 is 14.5 Å². The van der Waals surface area contributed by atoms with E-state index in [4.69, 9.17) is 5.73 Å². The summed E-state index contributed by atoms with van der Waals surface area (Å²) in [7, 11) is 1.51. The number of rotatable bonds is 5. The van der Waals surface area contributed by atoms with Gasteiger partial charge in [0.05, 0.1) is 22.2 Å². The normalized spacial score (nSPS) is 21.2. The van der Waals surface area contributed by atoms with E-state index in [-0.39, 0.29) is 23.5 Å². The average molecular weight is 375 g/mol. The Kier molecular flexibility index (Phi) is 5.59. The van der Waals surface area contributed by atoms with Crippen molar-refractivity contribution in [1.29, 1.82) is 0 Å². The number of amides is 2. The van der Waals surface area contributed by atoms with Crippen LogP contribution in [0.5, 0.6) is 0 Å². The van der Waals surface area contributed by atoms with Crippen molar-refractivity contribution >= 4 is 23.2 Å². The fourth-order valence-corrected chi connectivity index (χ4v) is 4.20. The Labute approximate surface area is 157 Å². The molecule has 0 saturated carbocycles.